The van der Waals surface area contributed by atoms with Gasteiger partial charge in [-0.15, -0.1) is 0 Å². The van der Waals surface area contributed by atoms with E-state index in [1.807, 2.05) is 6.92 Å². The van der Waals surface area contributed by atoms with Gasteiger partial charge in [0.25, 0.3) is 15.9 Å². The Kier molecular flexibility index (Phi) is 8.94. The number of aliphatic hydroxyl groups excluding tert-OH is 1. The Balaban J connectivity index is 1.69. The third-order valence-corrected chi connectivity index (χ3v) is 9.04. The van der Waals surface area contributed by atoms with Crippen molar-refractivity contribution in [2.75, 3.05) is 45.3 Å². The number of para-hydroxylation sites is 1. The van der Waals surface area contributed by atoms with E-state index in [0.29, 0.717) is 31.7 Å². The third-order valence-electron chi connectivity index (χ3n) is 7.33. The van der Waals surface area contributed by atoms with E-state index < -0.39 is 22.2 Å². The van der Waals surface area contributed by atoms with Crippen molar-refractivity contribution in [2.24, 2.45) is 18.9 Å². The first kappa shape index (κ1) is 29.0. The van der Waals surface area contributed by atoms with Gasteiger partial charge in [0.1, 0.15) is 6.10 Å². The number of rotatable bonds is 8. The summed E-state index contributed by atoms with van der Waals surface area (Å²) in [6, 6.07) is 4.46. The number of fused-ring (bicyclic) bond motifs is 1. The van der Waals surface area contributed by atoms with Crippen molar-refractivity contribution in [1.29, 1.82) is 0 Å². The van der Waals surface area contributed by atoms with Gasteiger partial charge in [0.05, 0.1) is 36.8 Å². The standard InChI is InChI=1S/C26H37N5O7S/c1-17-12-31(18(2)15-32)26(34)20-6-5-7-21(28-25(33)19-8-10-37-11-9-19)24(20)38-22(17)13-30(4)39(35,36)23-14-29(3)16-27-23/h5-7,14,16-19,22,32H,8-13,15H2,1-4H3,(H,28,33)/t17-,18-,22-/m1/s1. The van der Waals surface area contributed by atoms with Crippen molar-refractivity contribution in [3.63, 3.8) is 0 Å². The van der Waals surface area contributed by atoms with Crippen molar-refractivity contribution in [1.82, 2.24) is 18.8 Å². The number of ether oxygens (including phenoxy) is 2. The molecular formula is C26H37N5O7S. The van der Waals surface area contributed by atoms with E-state index in [9.17, 15) is 23.1 Å². The molecule has 0 saturated carbocycles. The Bertz CT molecular complexity index is 1290. The molecule has 1 saturated heterocycles. The first-order valence-corrected chi connectivity index (χ1v) is 14.5. The van der Waals surface area contributed by atoms with Crippen LogP contribution >= 0.6 is 0 Å². The van der Waals surface area contributed by atoms with E-state index in [2.05, 4.69) is 10.3 Å². The molecule has 3 heterocycles. The fourth-order valence-electron chi connectivity index (χ4n) is 4.79. The molecule has 0 spiro atoms. The van der Waals surface area contributed by atoms with Gasteiger partial charge >= 0.3 is 0 Å². The van der Waals surface area contributed by atoms with Gasteiger partial charge in [-0.05, 0) is 31.9 Å². The molecule has 39 heavy (non-hydrogen) atoms. The highest BCUT2D eigenvalue weighted by molar-refractivity contribution is 7.89. The molecule has 4 rings (SSSR count). The number of aliphatic hydroxyl groups is 1. The van der Waals surface area contributed by atoms with Crippen molar-refractivity contribution in [2.45, 2.75) is 43.9 Å². The topological polar surface area (TPSA) is 143 Å². The fourth-order valence-corrected chi connectivity index (χ4v) is 5.93. The van der Waals surface area contributed by atoms with Crippen LogP contribution in [-0.4, -0.2) is 96.2 Å². The number of aryl methyl sites for hydroxylation is 1. The summed E-state index contributed by atoms with van der Waals surface area (Å²) in [6.45, 7) is 4.58. The molecule has 0 aliphatic carbocycles. The number of imidazole rings is 1. The van der Waals surface area contributed by atoms with E-state index in [0.717, 1.165) is 0 Å². The second kappa shape index (κ2) is 12.0. The number of nitrogens with one attached hydrogen (secondary N) is 1. The van der Waals surface area contributed by atoms with Crippen LogP contribution in [-0.2, 0) is 26.6 Å². The fraction of sp³-hybridized carbons (Fsp3) is 0.577. The number of carbonyl (C=O) groups excluding carboxylic acids is 2. The Hall–Kier alpha value is -3.00. The lowest BCUT2D eigenvalue weighted by molar-refractivity contribution is -0.122. The molecule has 1 fully saturated rings. The molecule has 13 heteroatoms. The molecule has 0 unspecified atom stereocenters. The summed E-state index contributed by atoms with van der Waals surface area (Å²) in [6.07, 6.45) is 3.35. The number of sulfonamides is 1. The number of carbonyl (C=O) groups is 2. The predicted molar refractivity (Wildman–Crippen MR) is 143 cm³/mol. The number of amides is 2. The number of hydrogen-bond donors (Lipinski definition) is 2. The van der Waals surface area contributed by atoms with Crippen molar-refractivity contribution < 1.29 is 32.6 Å². The van der Waals surface area contributed by atoms with Gasteiger partial charge in [-0.3, -0.25) is 9.59 Å². The largest absolute Gasteiger partial charge is 0.486 e. The third kappa shape index (κ3) is 6.26. The van der Waals surface area contributed by atoms with Gasteiger partial charge in [-0.1, -0.05) is 13.0 Å². The summed E-state index contributed by atoms with van der Waals surface area (Å²) >= 11 is 0. The molecule has 2 amide bonds. The van der Waals surface area contributed by atoms with Crippen molar-refractivity contribution in [3.05, 3.63) is 36.3 Å². The Morgan fingerprint density at radius 3 is 2.67 bits per heavy atom. The van der Waals surface area contributed by atoms with E-state index in [1.165, 1.54) is 23.9 Å². The molecule has 0 radical (unpaired) electrons. The van der Waals surface area contributed by atoms with Crippen LogP contribution in [0.25, 0.3) is 0 Å². The summed E-state index contributed by atoms with van der Waals surface area (Å²) in [4.78, 5) is 32.3. The zero-order valence-corrected chi connectivity index (χ0v) is 23.6. The number of benzene rings is 1. The maximum atomic E-state index is 13.6. The summed E-state index contributed by atoms with van der Waals surface area (Å²) in [5.74, 6) is -0.901. The molecule has 1 aromatic heterocycles. The maximum Gasteiger partial charge on any atom is 0.261 e. The molecule has 3 atom stereocenters. The second-order valence-electron chi connectivity index (χ2n) is 10.3. The summed E-state index contributed by atoms with van der Waals surface area (Å²) < 4.78 is 41.0. The maximum absolute atomic E-state index is 13.6. The first-order chi connectivity index (χ1) is 18.5. The number of aromatic nitrogens is 2. The minimum Gasteiger partial charge on any atom is -0.486 e. The minimum absolute atomic E-state index is 0.0305. The van der Waals surface area contributed by atoms with Crippen LogP contribution in [0.5, 0.6) is 5.75 Å². The summed E-state index contributed by atoms with van der Waals surface area (Å²) in [5, 5.41) is 12.7. The van der Waals surface area contributed by atoms with Gasteiger partial charge in [0, 0.05) is 51.9 Å². The van der Waals surface area contributed by atoms with Gasteiger partial charge in [0.15, 0.2) is 10.8 Å². The van der Waals surface area contributed by atoms with Gasteiger partial charge in [0.2, 0.25) is 5.91 Å². The minimum atomic E-state index is -3.91. The van der Waals surface area contributed by atoms with Crippen LogP contribution in [0.3, 0.4) is 0 Å². The van der Waals surface area contributed by atoms with Crippen LogP contribution in [0.1, 0.15) is 37.0 Å². The zero-order chi connectivity index (χ0) is 28.3. The predicted octanol–water partition coefficient (Wildman–Crippen LogP) is 1.33. The second-order valence-corrected chi connectivity index (χ2v) is 12.3. The number of anilines is 1. The van der Waals surface area contributed by atoms with Crippen LogP contribution in [0, 0.1) is 11.8 Å². The number of hydrogen-bond acceptors (Lipinski definition) is 8. The Labute approximate surface area is 228 Å². The molecule has 2 aliphatic heterocycles. The smallest absolute Gasteiger partial charge is 0.261 e. The zero-order valence-electron chi connectivity index (χ0n) is 22.7. The van der Waals surface area contributed by atoms with E-state index >= 15 is 0 Å². The Morgan fingerprint density at radius 2 is 2.03 bits per heavy atom. The average Bonchev–Trinajstić information content (AvgIpc) is 3.38. The van der Waals surface area contributed by atoms with Gasteiger partial charge in [-0.2, -0.15) is 4.31 Å². The van der Waals surface area contributed by atoms with E-state index in [-0.39, 0.29) is 59.7 Å². The molecule has 2 aliphatic rings. The molecule has 0 bridgehead atoms. The van der Waals surface area contributed by atoms with Crippen molar-refractivity contribution >= 4 is 27.5 Å². The lowest BCUT2D eigenvalue weighted by Crippen LogP contribution is -2.50. The molecule has 1 aromatic carbocycles. The summed E-state index contributed by atoms with van der Waals surface area (Å²) in [7, 11) is -0.765. The highest BCUT2D eigenvalue weighted by Crippen LogP contribution is 2.36. The van der Waals surface area contributed by atoms with Gasteiger partial charge in [-0.25, -0.2) is 13.4 Å². The van der Waals surface area contributed by atoms with Crippen LogP contribution in [0.2, 0.25) is 0 Å². The normalized spacial score (nSPS) is 21.6. The van der Waals surface area contributed by atoms with Crippen LogP contribution in [0.4, 0.5) is 5.69 Å². The number of likely N-dealkylation sites (N-methyl/N-ethyl adjacent to an activating group) is 1. The van der Waals surface area contributed by atoms with E-state index in [1.54, 1.807) is 41.6 Å². The molecule has 12 nitrogen and oxygen atoms in total. The van der Waals surface area contributed by atoms with E-state index in [4.69, 9.17) is 9.47 Å². The average molecular weight is 564 g/mol. The SMILES string of the molecule is C[C@@H]1CN([C@H](C)CO)C(=O)c2cccc(NC(=O)C3CCOCC3)c2O[C@@H]1CN(C)S(=O)(=O)c1cn(C)cn1. The lowest BCUT2D eigenvalue weighted by atomic mass is 9.98. The Morgan fingerprint density at radius 1 is 1.31 bits per heavy atom. The first-order valence-electron chi connectivity index (χ1n) is 13.1. The number of nitrogens with zero attached hydrogens (tertiary/aromatic N) is 4. The monoisotopic (exact) mass is 563 g/mol. The summed E-state index contributed by atoms with van der Waals surface area (Å²) in [5.41, 5.74) is 0.565. The highest BCUT2D eigenvalue weighted by atomic mass is 32.2. The molecule has 214 valence electrons. The molecular weight excluding hydrogens is 526 g/mol. The van der Waals surface area contributed by atoms with Crippen LogP contribution < -0.4 is 10.1 Å². The molecule has 2 N–H and O–H groups in total. The quantitative estimate of drug-likeness (QED) is 0.490. The van der Waals surface area contributed by atoms with Crippen molar-refractivity contribution in [3.8, 4) is 5.75 Å². The van der Waals surface area contributed by atoms with Gasteiger partial charge < -0.3 is 29.4 Å². The highest BCUT2D eigenvalue weighted by Gasteiger charge is 2.37. The lowest BCUT2D eigenvalue weighted by Gasteiger charge is -2.38. The molecule has 2 aromatic rings. The van der Waals surface area contributed by atoms with Crippen LogP contribution in [0.15, 0.2) is 35.7 Å².